The molecule has 9 nitrogen and oxygen atoms in total. The zero-order valence-corrected chi connectivity index (χ0v) is 17.8. The monoisotopic (exact) mass is 453 g/mol. The third-order valence-electron chi connectivity index (χ3n) is 5.19. The molecule has 2 atom stereocenters. The van der Waals surface area contributed by atoms with E-state index in [-0.39, 0.29) is 35.2 Å². The highest BCUT2D eigenvalue weighted by Crippen LogP contribution is 2.40. The van der Waals surface area contributed by atoms with Gasteiger partial charge in [0.1, 0.15) is 23.7 Å². The molecule has 1 N–H and O–H groups in total. The van der Waals surface area contributed by atoms with Crippen molar-refractivity contribution < 1.29 is 24.0 Å². The number of thioether (sulfide) groups is 1. The van der Waals surface area contributed by atoms with E-state index in [0.29, 0.717) is 22.5 Å². The van der Waals surface area contributed by atoms with Gasteiger partial charge in [0.05, 0.1) is 4.92 Å². The molecule has 2 heterocycles. The number of carbonyl (C=O) groups excluding carboxylic acids is 3. The summed E-state index contributed by atoms with van der Waals surface area (Å²) in [6.07, 6.45) is 0. The Balaban J connectivity index is 1.41. The predicted molar refractivity (Wildman–Crippen MR) is 116 cm³/mol. The molecule has 0 aromatic heterocycles. The predicted octanol–water partition coefficient (Wildman–Crippen LogP) is 2.63. The van der Waals surface area contributed by atoms with Crippen molar-refractivity contribution >= 4 is 35.2 Å². The molecule has 164 valence electrons. The van der Waals surface area contributed by atoms with Crippen LogP contribution in [0, 0.1) is 10.1 Å². The number of hydrogen-bond donors (Lipinski definition) is 1. The summed E-state index contributed by atoms with van der Waals surface area (Å²) in [6, 6.07) is 13.6. The van der Waals surface area contributed by atoms with Crippen LogP contribution in [0.15, 0.2) is 65.9 Å². The topological polar surface area (TPSA) is 119 Å². The number of rotatable bonds is 6. The second-order valence-corrected chi connectivity index (χ2v) is 8.46. The summed E-state index contributed by atoms with van der Waals surface area (Å²) in [6.45, 7) is 1.68. The Morgan fingerprint density at radius 3 is 2.53 bits per heavy atom. The summed E-state index contributed by atoms with van der Waals surface area (Å²) < 4.78 is 5.37. The molecule has 4 rings (SSSR count). The summed E-state index contributed by atoms with van der Waals surface area (Å²) in [4.78, 5) is 49.6. The van der Waals surface area contributed by atoms with Crippen molar-refractivity contribution in [1.29, 1.82) is 0 Å². The van der Waals surface area contributed by atoms with Crippen LogP contribution in [-0.4, -0.2) is 44.8 Å². The molecule has 1 fully saturated rings. The van der Waals surface area contributed by atoms with Gasteiger partial charge in [-0.2, -0.15) is 0 Å². The van der Waals surface area contributed by atoms with Crippen molar-refractivity contribution in [3.05, 3.63) is 87.1 Å². The number of hydrogen-bond acceptors (Lipinski definition) is 7. The van der Waals surface area contributed by atoms with Gasteiger partial charge in [-0.05, 0) is 42.3 Å². The number of benzene rings is 2. The van der Waals surface area contributed by atoms with Crippen LogP contribution in [0.3, 0.4) is 0 Å². The van der Waals surface area contributed by atoms with E-state index >= 15 is 0 Å². The van der Waals surface area contributed by atoms with Gasteiger partial charge in [-0.3, -0.25) is 24.6 Å². The quantitative estimate of drug-likeness (QED) is 0.309. The number of nitrogens with one attached hydrogen (secondary N) is 1. The first-order chi connectivity index (χ1) is 15.4. The lowest BCUT2D eigenvalue weighted by Gasteiger charge is -2.49. The van der Waals surface area contributed by atoms with Crippen molar-refractivity contribution in [2.24, 2.45) is 0 Å². The zero-order chi connectivity index (χ0) is 22.8. The van der Waals surface area contributed by atoms with Crippen LogP contribution in [0.4, 0.5) is 5.69 Å². The van der Waals surface area contributed by atoms with Crippen molar-refractivity contribution in [2.75, 3.05) is 5.75 Å². The largest absolute Gasteiger partial charge is 0.456 e. The van der Waals surface area contributed by atoms with Gasteiger partial charge in [0.15, 0.2) is 0 Å². The first kappa shape index (κ1) is 21.6. The van der Waals surface area contributed by atoms with Gasteiger partial charge in [-0.15, -0.1) is 11.8 Å². The van der Waals surface area contributed by atoms with Crippen LogP contribution in [0.5, 0.6) is 0 Å². The number of amides is 2. The van der Waals surface area contributed by atoms with Gasteiger partial charge in [-0.1, -0.05) is 18.2 Å². The lowest BCUT2D eigenvalue weighted by Crippen LogP contribution is -2.70. The highest BCUT2D eigenvalue weighted by atomic mass is 32.2. The van der Waals surface area contributed by atoms with Gasteiger partial charge in [0.2, 0.25) is 0 Å². The molecule has 0 aliphatic carbocycles. The molecular weight excluding hydrogens is 434 g/mol. The summed E-state index contributed by atoms with van der Waals surface area (Å²) in [5.41, 5.74) is 1.88. The van der Waals surface area contributed by atoms with Crippen molar-refractivity contribution in [1.82, 2.24) is 10.2 Å². The van der Waals surface area contributed by atoms with Gasteiger partial charge in [-0.25, -0.2) is 4.79 Å². The molecule has 0 bridgehead atoms. The minimum atomic E-state index is -0.724. The van der Waals surface area contributed by atoms with Gasteiger partial charge in [0.25, 0.3) is 17.5 Å². The Morgan fingerprint density at radius 2 is 1.88 bits per heavy atom. The molecular formula is C22H19N3O6S. The minimum absolute atomic E-state index is 0.0551. The third kappa shape index (κ3) is 4.09. The standard InChI is InChI=1S/C22H19N3O6S/c1-13-12-32-21-17(23-19(26)15-5-3-2-4-6-15)20(27)24(21)18(13)22(28)31-11-14-7-9-16(10-8-14)25(29)30/h2-10,17,21H,11-12H2,1H3,(H,23,26)/t17?,21-/m1/s1. The molecule has 2 amide bonds. The molecule has 1 unspecified atom stereocenters. The van der Waals surface area contributed by atoms with Gasteiger partial charge >= 0.3 is 5.97 Å². The Morgan fingerprint density at radius 1 is 1.19 bits per heavy atom. The number of ether oxygens (including phenoxy) is 1. The Labute approximate surface area is 187 Å². The summed E-state index contributed by atoms with van der Waals surface area (Å²) in [7, 11) is 0. The molecule has 2 aliphatic rings. The van der Waals surface area contributed by atoms with E-state index < -0.39 is 16.9 Å². The highest BCUT2D eigenvalue weighted by molar-refractivity contribution is 8.00. The summed E-state index contributed by atoms with van der Waals surface area (Å²) >= 11 is 1.47. The number of nitrogens with zero attached hydrogens (tertiary/aromatic N) is 2. The number of fused-ring (bicyclic) bond motifs is 1. The summed E-state index contributed by atoms with van der Waals surface area (Å²) in [5.74, 6) is -0.841. The smallest absolute Gasteiger partial charge is 0.355 e. The molecule has 2 aromatic rings. The van der Waals surface area contributed by atoms with Crippen LogP contribution >= 0.6 is 11.8 Å². The van der Waals surface area contributed by atoms with E-state index in [1.54, 1.807) is 37.3 Å². The SMILES string of the molecule is CC1=C(C(=O)OCc2ccc([N+](=O)[O-])cc2)N2C(=O)C(NC(=O)c3ccccc3)[C@H]2SC1. The molecule has 1 saturated heterocycles. The maximum atomic E-state index is 12.8. The van der Waals surface area contributed by atoms with Crippen LogP contribution in [0.25, 0.3) is 0 Å². The number of non-ortho nitro benzene ring substituents is 1. The van der Waals surface area contributed by atoms with Gasteiger partial charge in [0, 0.05) is 23.4 Å². The minimum Gasteiger partial charge on any atom is -0.456 e. The van der Waals surface area contributed by atoms with E-state index in [1.807, 2.05) is 0 Å². The Bertz CT molecular complexity index is 1120. The second-order valence-electron chi connectivity index (χ2n) is 7.36. The van der Waals surface area contributed by atoms with Crippen molar-refractivity contribution in [3.8, 4) is 0 Å². The lowest BCUT2D eigenvalue weighted by atomic mass is 10.0. The summed E-state index contributed by atoms with van der Waals surface area (Å²) in [5, 5.41) is 13.1. The van der Waals surface area contributed by atoms with Crippen LogP contribution < -0.4 is 5.32 Å². The number of nitro groups is 1. The number of esters is 1. The normalized spacial score (nSPS) is 19.7. The lowest BCUT2D eigenvalue weighted by molar-refractivity contribution is -0.384. The van der Waals surface area contributed by atoms with Crippen LogP contribution in [-0.2, 0) is 20.9 Å². The molecule has 10 heteroatoms. The fourth-order valence-electron chi connectivity index (χ4n) is 3.51. The fourth-order valence-corrected chi connectivity index (χ4v) is 4.80. The first-order valence-corrected chi connectivity index (χ1v) is 10.8. The van der Waals surface area contributed by atoms with E-state index in [4.69, 9.17) is 4.74 Å². The number of nitro benzene ring substituents is 1. The number of carbonyl (C=O) groups is 3. The third-order valence-corrected chi connectivity index (χ3v) is 6.62. The van der Waals surface area contributed by atoms with Crippen LogP contribution in [0.1, 0.15) is 22.8 Å². The highest BCUT2D eigenvalue weighted by Gasteiger charge is 2.54. The second kappa shape index (κ2) is 8.83. The van der Waals surface area contributed by atoms with Crippen molar-refractivity contribution in [3.63, 3.8) is 0 Å². The molecule has 2 aliphatic heterocycles. The average molecular weight is 453 g/mol. The van der Waals surface area contributed by atoms with Gasteiger partial charge < -0.3 is 10.1 Å². The molecule has 32 heavy (non-hydrogen) atoms. The molecule has 0 spiro atoms. The molecule has 0 radical (unpaired) electrons. The Kier molecular flexibility index (Phi) is 5.95. The first-order valence-electron chi connectivity index (χ1n) is 9.77. The maximum Gasteiger partial charge on any atom is 0.355 e. The zero-order valence-electron chi connectivity index (χ0n) is 17.0. The maximum absolute atomic E-state index is 12.8. The van der Waals surface area contributed by atoms with E-state index in [2.05, 4.69) is 5.32 Å². The van der Waals surface area contributed by atoms with E-state index in [9.17, 15) is 24.5 Å². The van der Waals surface area contributed by atoms with E-state index in [0.717, 1.165) is 0 Å². The fraction of sp³-hybridized carbons (Fsp3) is 0.227. The molecule has 2 aromatic carbocycles. The van der Waals surface area contributed by atoms with Crippen molar-refractivity contribution in [2.45, 2.75) is 24.9 Å². The van der Waals surface area contributed by atoms with E-state index in [1.165, 1.54) is 40.9 Å². The number of β-lactam (4-membered cyclic amide) rings is 1. The Hall–Kier alpha value is -3.66. The molecule has 0 saturated carbocycles. The van der Waals surface area contributed by atoms with Crippen LogP contribution in [0.2, 0.25) is 0 Å². The average Bonchev–Trinajstić information content (AvgIpc) is 2.81.